The molecule has 2 rings (SSSR count). The van der Waals surface area contributed by atoms with Crippen LogP contribution in [0.4, 0.5) is 5.69 Å². The van der Waals surface area contributed by atoms with Crippen molar-refractivity contribution in [1.82, 2.24) is 5.32 Å². The maximum Gasteiger partial charge on any atom is 0.336 e. The molecule has 140 valence electrons. The van der Waals surface area contributed by atoms with Crippen LogP contribution in [0.2, 0.25) is 0 Å². The average Bonchev–Trinajstić information content (AvgIpc) is 2.57. The van der Waals surface area contributed by atoms with E-state index in [4.69, 9.17) is 9.47 Å². The first-order valence-corrected chi connectivity index (χ1v) is 8.34. The molecular formula is C18H22N2O6. The van der Waals surface area contributed by atoms with Crippen LogP contribution in [-0.2, 0) is 19.1 Å². The predicted octanol–water partition coefficient (Wildman–Crippen LogP) is 2.44. The molecule has 1 aliphatic rings. The molecule has 1 aliphatic heterocycles. The Morgan fingerprint density at radius 3 is 2.69 bits per heavy atom. The number of ether oxygens (including phenoxy) is 2. The quantitative estimate of drug-likeness (QED) is 0.345. The number of nitro groups is 1. The molecule has 8 heteroatoms. The molecule has 1 amide bonds. The highest BCUT2D eigenvalue weighted by Crippen LogP contribution is 2.37. The number of carbonyl (C=O) groups excluding carboxylic acids is 2. The van der Waals surface area contributed by atoms with Gasteiger partial charge in [-0.1, -0.05) is 18.2 Å². The van der Waals surface area contributed by atoms with Crippen LogP contribution in [0.1, 0.15) is 38.7 Å². The number of esters is 1. The van der Waals surface area contributed by atoms with E-state index in [-0.39, 0.29) is 42.9 Å². The Labute approximate surface area is 151 Å². The lowest BCUT2D eigenvalue weighted by molar-refractivity contribution is -0.385. The zero-order valence-electron chi connectivity index (χ0n) is 15.0. The largest absolute Gasteiger partial charge is 0.460 e. The standard InChI is InChI=1S/C18H22N2O6/c1-11(2)25-8-9-26-18(22)17-12(3)19-16(21)10-14(17)13-6-4-5-7-15(13)20(23)24/h4-7,11,14H,8-10H2,1-3H3,(H,19,21)/t14-/m1/s1. The van der Waals surface area contributed by atoms with Crippen LogP contribution in [0, 0.1) is 10.1 Å². The molecule has 1 aromatic rings. The van der Waals surface area contributed by atoms with Gasteiger partial charge in [-0.2, -0.15) is 0 Å². The summed E-state index contributed by atoms with van der Waals surface area (Å²) in [6.45, 7) is 5.63. The van der Waals surface area contributed by atoms with E-state index < -0.39 is 16.8 Å². The SMILES string of the molecule is CC1=C(C(=O)OCCOC(C)C)[C@@H](c2ccccc2[N+](=O)[O-])CC(=O)N1. The van der Waals surface area contributed by atoms with Crippen LogP contribution in [0.15, 0.2) is 35.5 Å². The zero-order chi connectivity index (χ0) is 19.3. The molecule has 0 radical (unpaired) electrons. The normalized spacial score (nSPS) is 17.2. The van der Waals surface area contributed by atoms with Crippen LogP contribution in [0.25, 0.3) is 0 Å². The van der Waals surface area contributed by atoms with Gasteiger partial charge in [-0.3, -0.25) is 14.9 Å². The number of rotatable bonds is 7. The molecule has 0 fully saturated rings. The third-order valence-electron chi connectivity index (χ3n) is 3.97. The van der Waals surface area contributed by atoms with Gasteiger partial charge in [-0.05, 0) is 20.8 Å². The second-order valence-electron chi connectivity index (χ2n) is 6.21. The van der Waals surface area contributed by atoms with E-state index in [1.54, 1.807) is 25.1 Å². The molecule has 0 aliphatic carbocycles. The van der Waals surface area contributed by atoms with Crippen LogP contribution in [-0.4, -0.2) is 36.1 Å². The number of para-hydroxylation sites is 1. The van der Waals surface area contributed by atoms with Gasteiger partial charge in [0.05, 0.1) is 23.2 Å². The van der Waals surface area contributed by atoms with E-state index in [2.05, 4.69) is 5.32 Å². The van der Waals surface area contributed by atoms with Crippen molar-refractivity contribution < 1.29 is 24.0 Å². The summed E-state index contributed by atoms with van der Waals surface area (Å²) < 4.78 is 10.6. The average molecular weight is 362 g/mol. The number of benzene rings is 1. The molecule has 0 saturated carbocycles. The number of hydrogen-bond donors (Lipinski definition) is 1. The first kappa shape index (κ1) is 19.6. The smallest absolute Gasteiger partial charge is 0.336 e. The Morgan fingerprint density at radius 1 is 1.35 bits per heavy atom. The molecule has 0 saturated heterocycles. The molecule has 26 heavy (non-hydrogen) atoms. The fraction of sp³-hybridized carbons (Fsp3) is 0.444. The van der Waals surface area contributed by atoms with Crippen molar-refractivity contribution in [3.63, 3.8) is 0 Å². The summed E-state index contributed by atoms with van der Waals surface area (Å²) >= 11 is 0. The maximum atomic E-state index is 12.6. The zero-order valence-corrected chi connectivity index (χ0v) is 15.0. The van der Waals surface area contributed by atoms with Crippen molar-refractivity contribution in [3.8, 4) is 0 Å². The van der Waals surface area contributed by atoms with E-state index in [0.717, 1.165) is 0 Å². The maximum absolute atomic E-state index is 12.6. The fourth-order valence-electron chi connectivity index (χ4n) is 2.88. The van der Waals surface area contributed by atoms with Crippen LogP contribution in [0.3, 0.4) is 0 Å². The van der Waals surface area contributed by atoms with E-state index >= 15 is 0 Å². The van der Waals surface area contributed by atoms with Crippen molar-refractivity contribution in [1.29, 1.82) is 0 Å². The number of allylic oxidation sites excluding steroid dienone is 1. The molecule has 1 atom stereocenters. The Kier molecular flexibility index (Phi) is 6.46. The molecule has 1 N–H and O–H groups in total. The van der Waals surface area contributed by atoms with Gasteiger partial charge in [-0.25, -0.2) is 4.79 Å². The number of carbonyl (C=O) groups is 2. The van der Waals surface area contributed by atoms with Gasteiger partial charge in [0.2, 0.25) is 5.91 Å². The van der Waals surface area contributed by atoms with Gasteiger partial charge in [0.15, 0.2) is 0 Å². The summed E-state index contributed by atoms with van der Waals surface area (Å²) in [7, 11) is 0. The first-order chi connectivity index (χ1) is 12.3. The molecule has 0 bridgehead atoms. The minimum absolute atomic E-state index is 0.0170. The van der Waals surface area contributed by atoms with Gasteiger partial charge >= 0.3 is 5.97 Å². The number of amides is 1. The Morgan fingerprint density at radius 2 is 2.04 bits per heavy atom. The Balaban J connectivity index is 2.29. The van der Waals surface area contributed by atoms with Crippen LogP contribution >= 0.6 is 0 Å². The number of nitro benzene ring substituents is 1. The lowest BCUT2D eigenvalue weighted by atomic mass is 9.83. The molecule has 1 aromatic carbocycles. The van der Waals surface area contributed by atoms with Gasteiger partial charge in [0.25, 0.3) is 5.69 Å². The molecule has 0 spiro atoms. The van der Waals surface area contributed by atoms with E-state index in [1.807, 2.05) is 13.8 Å². The summed E-state index contributed by atoms with van der Waals surface area (Å²) in [5, 5.41) is 13.9. The number of hydrogen-bond acceptors (Lipinski definition) is 6. The summed E-state index contributed by atoms with van der Waals surface area (Å²) in [5.74, 6) is -1.65. The molecule has 1 heterocycles. The van der Waals surface area contributed by atoms with E-state index in [1.165, 1.54) is 6.07 Å². The summed E-state index contributed by atoms with van der Waals surface area (Å²) in [6, 6.07) is 6.10. The third-order valence-corrected chi connectivity index (χ3v) is 3.97. The van der Waals surface area contributed by atoms with Gasteiger partial charge in [0, 0.05) is 29.7 Å². The van der Waals surface area contributed by atoms with Crippen molar-refractivity contribution in [2.75, 3.05) is 13.2 Å². The third kappa shape index (κ3) is 4.66. The van der Waals surface area contributed by atoms with E-state index in [0.29, 0.717) is 11.3 Å². The van der Waals surface area contributed by atoms with Crippen molar-refractivity contribution in [3.05, 3.63) is 51.2 Å². The predicted molar refractivity (Wildman–Crippen MR) is 93.3 cm³/mol. The number of nitrogens with zero attached hydrogens (tertiary/aromatic N) is 1. The minimum atomic E-state index is -0.733. The Hall–Kier alpha value is -2.74. The van der Waals surface area contributed by atoms with Gasteiger partial charge < -0.3 is 14.8 Å². The second-order valence-corrected chi connectivity index (χ2v) is 6.21. The van der Waals surface area contributed by atoms with E-state index in [9.17, 15) is 19.7 Å². The molecular weight excluding hydrogens is 340 g/mol. The fourth-order valence-corrected chi connectivity index (χ4v) is 2.88. The monoisotopic (exact) mass is 362 g/mol. The highest BCUT2D eigenvalue weighted by molar-refractivity contribution is 5.96. The molecule has 0 aromatic heterocycles. The number of nitrogens with one attached hydrogen (secondary N) is 1. The second kappa shape index (κ2) is 8.57. The highest BCUT2D eigenvalue weighted by Gasteiger charge is 2.36. The molecule has 8 nitrogen and oxygen atoms in total. The summed E-state index contributed by atoms with van der Waals surface area (Å²) in [5.41, 5.74) is 0.758. The minimum Gasteiger partial charge on any atom is -0.460 e. The lowest BCUT2D eigenvalue weighted by Gasteiger charge is -2.26. The first-order valence-electron chi connectivity index (χ1n) is 8.34. The van der Waals surface area contributed by atoms with Crippen molar-refractivity contribution >= 4 is 17.6 Å². The Bertz CT molecular complexity index is 741. The van der Waals surface area contributed by atoms with Gasteiger partial charge in [-0.15, -0.1) is 0 Å². The van der Waals surface area contributed by atoms with Crippen LogP contribution < -0.4 is 5.32 Å². The van der Waals surface area contributed by atoms with Crippen molar-refractivity contribution in [2.24, 2.45) is 0 Å². The topological polar surface area (TPSA) is 108 Å². The summed E-state index contributed by atoms with van der Waals surface area (Å²) in [6.07, 6.45) is -0.0434. The summed E-state index contributed by atoms with van der Waals surface area (Å²) in [4.78, 5) is 35.3. The highest BCUT2D eigenvalue weighted by atomic mass is 16.6. The van der Waals surface area contributed by atoms with Crippen molar-refractivity contribution in [2.45, 2.75) is 39.2 Å². The lowest BCUT2D eigenvalue weighted by Crippen LogP contribution is -2.34. The molecule has 0 unspecified atom stereocenters. The van der Waals surface area contributed by atoms with Crippen LogP contribution in [0.5, 0.6) is 0 Å². The van der Waals surface area contributed by atoms with Gasteiger partial charge in [0.1, 0.15) is 6.61 Å².